The van der Waals surface area contributed by atoms with Crippen LogP contribution in [0.5, 0.6) is 0 Å². The quantitative estimate of drug-likeness (QED) is 0.0601. The highest BCUT2D eigenvalue weighted by Crippen LogP contribution is 2.44. The van der Waals surface area contributed by atoms with Crippen LogP contribution in [0.15, 0.2) is 28.7 Å². The Morgan fingerprint density at radius 1 is 0.800 bits per heavy atom. The van der Waals surface area contributed by atoms with Crippen LogP contribution in [0.1, 0.15) is 151 Å². The summed E-state index contributed by atoms with van der Waals surface area (Å²) in [6, 6.07) is 5.53. The molecule has 0 aliphatic carbocycles. The number of carbonyl (C=O) groups excluding carboxylic acids is 6. The van der Waals surface area contributed by atoms with Crippen LogP contribution in [0.2, 0.25) is 0 Å². The van der Waals surface area contributed by atoms with Gasteiger partial charge in [0.05, 0.1) is 0 Å². The lowest BCUT2D eigenvalue weighted by Gasteiger charge is -2.54. The molecule has 3 N–H and O–H groups in total. The van der Waals surface area contributed by atoms with Gasteiger partial charge in [0.2, 0.25) is 5.91 Å². The van der Waals surface area contributed by atoms with E-state index in [9.17, 15) is 48.6 Å². The molecule has 0 radical (unpaired) electrons. The van der Waals surface area contributed by atoms with E-state index in [4.69, 9.17) is 9.57 Å². The average molecular weight is 910 g/mol. The first-order valence-corrected chi connectivity index (χ1v) is 21.4. The van der Waals surface area contributed by atoms with Crippen molar-refractivity contribution in [3.8, 4) is 0 Å². The van der Waals surface area contributed by atoms with E-state index in [1.807, 2.05) is 24.3 Å². The van der Waals surface area contributed by atoms with Gasteiger partial charge in [-0.3, -0.25) is 19.2 Å². The lowest BCUT2D eigenvalue weighted by atomic mass is 9.68. The molecule has 1 aliphatic heterocycles. The molecule has 2 rings (SSSR count). The van der Waals surface area contributed by atoms with Crippen molar-refractivity contribution in [2.45, 2.75) is 175 Å². The molecule has 16 nitrogen and oxygen atoms in total. The summed E-state index contributed by atoms with van der Waals surface area (Å²) in [6.45, 7) is 15.6. The second kappa shape index (κ2) is 22.3. The Labute approximate surface area is 362 Å². The van der Waals surface area contributed by atoms with Gasteiger partial charge >= 0.3 is 29.9 Å². The van der Waals surface area contributed by atoms with Crippen LogP contribution in [0.25, 0.3) is 0 Å². The number of carbonyl (C=O) groups is 8. The highest BCUT2D eigenvalue weighted by molar-refractivity contribution is 9.10. The van der Waals surface area contributed by atoms with Gasteiger partial charge in [0, 0.05) is 55.2 Å². The van der Waals surface area contributed by atoms with Crippen LogP contribution in [-0.4, -0.2) is 102 Å². The Balaban J connectivity index is 2.19. The lowest BCUT2D eigenvalue weighted by molar-refractivity contribution is -0.197. The normalized spacial score (nSPS) is 14.9. The van der Waals surface area contributed by atoms with Gasteiger partial charge in [0.15, 0.2) is 0 Å². The number of ether oxygens (including phenoxy) is 1. The van der Waals surface area contributed by atoms with Crippen LogP contribution in [0, 0.1) is 5.41 Å². The summed E-state index contributed by atoms with van der Waals surface area (Å²) in [5.74, 6) is -5.13. The molecule has 336 valence electrons. The predicted octanol–water partition coefficient (Wildman–Crippen LogP) is 7.15. The number of esters is 1. The number of amides is 5. The summed E-state index contributed by atoms with van der Waals surface area (Å²) in [4.78, 5) is 110. The molecule has 0 spiro atoms. The molecule has 0 bridgehead atoms. The van der Waals surface area contributed by atoms with Gasteiger partial charge in [0.25, 0.3) is 11.8 Å². The molecule has 1 aromatic carbocycles. The van der Waals surface area contributed by atoms with Crippen LogP contribution in [0.4, 0.5) is 4.79 Å². The monoisotopic (exact) mass is 908 g/mol. The Morgan fingerprint density at radius 2 is 1.37 bits per heavy atom. The maximum Gasteiger partial charge on any atom is 0.333 e. The van der Waals surface area contributed by atoms with Crippen molar-refractivity contribution in [3.05, 3.63) is 34.3 Å². The first kappa shape index (κ1) is 51.6. The summed E-state index contributed by atoms with van der Waals surface area (Å²) in [6.07, 6.45) is 2.65. The molecule has 60 heavy (non-hydrogen) atoms. The number of hydrogen-bond acceptors (Lipinski definition) is 10. The van der Waals surface area contributed by atoms with Gasteiger partial charge in [-0.2, -0.15) is 0 Å². The van der Waals surface area contributed by atoms with Gasteiger partial charge in [-0.15, -0.1) is 5.06 Å². The smallest absolute Gasteiger partial charge is 0.333 e. The Morgan fingerprint density at radius 3 is 1.87 bits per heavy atom. The number of aliphatic carboxylic acids is 2. The minimum atomic E-state index is -1.98. The molecule has 1 heterocycles. The SMILES string of the molecule is CC(C)(C)OC(=O)[C@H](CCCCN(Cc1ccc(Br)cc1)C(=O)CCCCCCC(=O)ON1C(=O)CCC1=O)NC(=O)N(C(C)(C)C)[C@@](CCC(=O)O)(C(=O)O)C(C)(C)C. The van der Waals surface area contributed by atoms with Crippen molar-refractivity contribution in [2.24, 2.45) is 5.41 Å². The molecule has 1 saturated heterocycles. The highest BCUT2D eigenvalue weighted by Gasteiger charge is 2.58. The first-order valence-electron chi connectivity index (χ1n) is 20.6. The van der Waals surface area contributed by atoms with Crippen LogP contribution in [0.3, 0.4) is 0 Å². The van der Waals surface area contributed by atoms with E-state index in [0.29, 0.717) is 56.7 Å². The van der Waals surface area contributed by atoms with Crippen LogP contribution >= 0.6 is 15.9 Å². The second-order valence-electron chi connectivity index (χ2n) is 18.2. The van der Waals surface area contributed by atoms with Crippen molar-refractivity contribution in [1.82, 2.24) is 20.2 Å². The number of urea groups is 1. The molecule has 1 aliphatic rings. The summed E-state index contributed by atoms with van der Waals surface area (Å²) < 4.78 is 6.57. The number of imide groups is 1. The molecule has 0 saturated carbocycles. The number of nitrogens with zero attached hydrogens (tertiary/aromatic N) is 3. The van der Waals surface area contributed by atoms with Gasteiger partial charge < -0.3 is 34.9 Å². The first-order chi connectivity index (χ1) is 27.7. The molecular formula is C43H65BrN4O12. The fourth-order valence-electron chi connectivity index (χ4n) is 7.14. The van der Waals surface area contributed by atoms with Gasteiger partial charge in [-0.25, -0.2) is 19.2 Å². The van der Waals surface area contributed by atoms with E-state index in [1.165, 1.54) is 0 Å². The van der Waals surface area contributed by atoms with Crippen molar-refractivity contribution < 1.29 is 58.1 Å². The van der Waals surface area contributed by atoms with E-state index in [2.05, 4.69) is 21.2 Å². The number of halogens is 1. The fraction of sp³-hybridized carbons (Fsp3) is 0.674. The van der Waals surface area contributed by atoms with Crippen molar-refractivity contribution in [1.29, 1.82) is 0 Å². The largest absolute Gasteiger partial charge is 0.481 e. The minimum absolute atomic E-state index is 0.0215. The molecule has 1 aromatic rings. The maximum atomic E-state index is 14.4. The lowest BCUT2D eigenvalue weighted by Crippen LogP contribution is -2.71. The zero-order valence-electron chi connectivity index (χ0n) is 36.7. The van der Waals surface area contributed by atoms with E-state index in [0.717, 1.165) is 14.9 Å². The Kier molecular flexibility index (Phi) is 19.2. The number of hydroxylamine groups is 2. The molecule has 0 aromatic heterocycles. The fourth-order valence-corrected chi connectivity index (χ4v) is 7.40. The topological polar surface area (TPSA) is 217 Å². The van der Waals surface area contributed by atoms with Crippen LogP contribution in [-0.2, 0) is 49.7 Å². The van der Waals surface area contributed by atoms with Crippen LogP contribution < -0.4 is 5.32 Å². The molecule has 1 fully saturated rings. The third-order valence-electron chi connectivity index (χ3n) is 10.1. The second-order valence-corrected chi connectivity index (χ2v) is 19.2. The minimum Gasteiger partial charge on any atom is -0.481 e. The summed E-state index contributed by atoms with van der Waals surface area (Å²) in [5.41, 5.74) is -4.26. The predicted molar refractivity (Wildman–Crippen MR) is 225 cm³/mol. The Hall–Kier alpha value is -4.54. The molecule has 5 amide bonds. The van der Waals surface area contributed by atoms with Gasteiger partial charge in [-0.1, -0.05) is 61.7 Å². The molecule has 2 atom stereocenters. The number of hydrogen-bond donors (Lipinski definition) is 3. The highest BCUT2D eigenvalue weighted by atomic mass is 79.9. The number of carboxylic acid groups (broad SMARTS) is 2. The van der Waals surface area contributed by atoms with E-state index < -0.39 is 76.3 Å². The summed E-state index contributed by atoms with van der Waals surface area (Å²) >= 11 is 3.44. The van der Waals surface area contributed by atoms with Crippen molar-refractivity contribution in [2.75, 3.05) is 6.54 Å². The zero-order chi connectivity index (χ0) is 45.6. The molecule has 0 unspecified atom stereocenters. The van der Waals surface area contributed by atoms with E-state index in [1.54, 1.807) is 67.2 Å². The summed E-state index contributed by atoms with van der Waals surface area (Å²) in [5, 5.41) is 23.6. The summed E-state index contributed by atoms with van der Waals surface area (Å²) in [7, 11) is 0. The van der Waals surface area contributed by atoms with E-state index in [-0.39, 0.29) is 44.4 Å². The average Bonchev–Trinajstić information content (AvgIpc) is 3.42. The number of unbranched alkanes of at least 4 members (excludes halogenated alkanes) is 4. The Bertz CT molecular complexity index is 1680. The molecule has 17 heteroatoms. The van der Waals surface area contributed by atoms with Crippen molar-refractivity contribution in [3.63, 3.8) is 0 Å². The maximum absolute atomic E-state index is 14.4. The number of carboxylic acids is 2. The van der Waals surface area contributed by atoms with E-state index >= 15 is 0 Å². The number of nitrogens with one attached hydrogen (secondary N) is 1. The number of benzene rings is 1. The third-order valence-corrected chi connectivity index (χ3v) is 10.6. The number of rotatable bonds is 22. The van der Waals surface area contributed by atoms with Crippen molar-refractivity contribution >= 4 is 63.6 Å². The van der Waals surface area contributed by atoms with Gasteiger partial charge in [0.1, 0.15) is 17.2 Å². The van der Waals surface area contributed by atoms with Gasteiger partial charge in [-0.05, 0) is 103 Å². The standard InChI is InChI=1S/C43H65BrN4O12/c1-40(2,3)43(38(56)57,26-25-35(52)53)48(41(4,5)6)39(58)45-31(37(55)59-42(7,8)9)16-14-15-27-46(28-29-19-21-30(44)22-20-29)32(49)17-12-10-11-13-18-36(54)60-47-33(50)23-24-34(47)51/h19-22,31H,10-18,23-28H2,1-9H3,(H,45,58)(H,52,53)(H,56,57)/t31-,43-/m0/s1. The third kappa shape index (κ3) is 15.8. The molecular weight excluding hydrogens is 844 g/mol. The zero-order valence-corrected chi connectivity index (χ0v) is 38.3.